The SMILES string of the molecule is CCCCCCc1ccc(-c2ccnc(Br)c2)s1. The van der Waals surface area contributed by atoms with Gasteiger partial charge < -0.3 is 0 Å². The molecule has 2 aromatic rings. The Balaban J connectivity index is 1.97. The van der Waals surface area contributed by atoms with Crippen LogP contribution in [-0.2, 0) is 6.42 Å². The lowest BCUT2D eigenvalue weighted by atomic mass is 10.1. The summed E-state index contributed by atoms with van der Waals surface area (Å²) in [5.74, 6) is 0. The van der Waals surface area contributed by atoms with Crippen LogP contribution in [0.15, 0.2) is 35.1 Å². The molecule has 2 aromatic heterocycles. The molecule has 0 amide bonds. The Morgan fingerprint density at radius 2 is 2.06 bits per heavy atom. The van der Waals surface area contributed by atoms with Gasteiger partial charge in [-0.05, 0) is 58.6 Å². The summed E-state index contributed by atoms with van der Waals surface area (Å²) in [5, 5.41) is 0. The molecule has 0 aliphatic carbocycles. The number of rotatable bonds is 6. The maximum absolute atomic E-state index is 4.16. The molecule has 0 saturated heterocycles. The van der Waals surface area contributed by atoms with Gasteiger partial charge in [0.05, 0.1) is 0 Å². The minimum Gasteiger partial charge on any atom is -0.249 e. The van der Waals surface area contributed by atoms with Crippen LogP contribution in [-0.4, -0.2) is 4.98 Å². The second-order valence-corrected chi connectivity index (χ2v) is 6.42. The van der Waals surface area contributed by atoms with Crippen molar-refractivity contribution < 1.29 is 0 Å². The Bertz CT molecular complexity index is 493. The van der Waals surface area contributed by atoms with E-state index in [1.54, 1.807) is 0 Å². The Morgan fingerprint density at radius 3 is 2.83 bits per heavy atom. The van der Waals surface area contributed by atoms with E-state index in [-0.39, 0.29) is 0 Å². The highest BCUT2D eigenvalue weighted by Gasteiger charge is 2.03. The monoisotopic (exact) mass is 323 g/mol. The van der Waals surface area contributed by atoms with E-state index in [9.17, 15) is 0 Å². The highest BCUT2D eigenvalue weighted by molar-refractivity contribution is 9.10. The predicted octanol–water partition coefficient (Wildman–Crippen LogP) is 5.70. The summed E-state index contributed by atoms with van der Waals surface area (Å²) in [6.45, 7) is 2.25. The van der Waals surface area contributed by atoms with E-state index in [4.69, 9.17) is 0 Å². The average molecular weight is 324 g/mol. The van der Waals surface area contributed by atoms with E-state index < -0.39 is 0 Å². The number of hydrogen-bond acceptors (Lipinski definition) is 2. The van der Waals surface area contributed by atoms with Crippen molar-refractivity contribution in [2.75, 3.05) is 0 Å². The molecule has 2 heterocycles. The van der Waals surface area contributed by atoms with Gasteiger partial charge in [-0.15, -0.1) is 11.3 Å². The molecule has 0 fully saturated rings. The molecule has 0 aliphatic heterocycles. The quantitative estimate of drug-likeness (QED) is 0.491. The number of hydrogen-bond donors (Lipinski definition) is 0. The van der Waals surface area contributed by atoms with Gasteiger partial charge in [0.25, 0.3) is 0 Å². The maximum Gasteiger partial charge on any atom is 0.106 e. The number of nitrogens with zero attached hydrogens (tertiary/aromatic N) is 1. The van der Waals surface area contributed by atoms with Crippen molar-refractivity contribution in [1.29, 1.82) is 0 Å². The van der Waals surface area contributed by atoms with Crippen molar-refractivity contribution in [1.82, 2.24) is 4.98 Å². The fourth-order valence-electron chi connectivity index (χ4n) is 1.95. The fourth-order valence-corrected chi connectivity index (χ4v) is 3.36. The summed E-state index contributed by atoms with van der Waals surface area (Å²) in [4.78, 5) is 6.99. The summed E-state index contributed by atoms with van der Waals surface area (Å²) >= 11 is 5.32. The van der Waals surface area contributed by atoms with E-state index in [0.29, 0.717) is 0 Å². The Labute approximate surface area is 121 Å². The van der Waals surface area contributed by atoms with E-state index in [1.165, 1.54) is 47.4 Å². The van der Waals surface area contributed by atoms with Crippen molar-refractivity contribution in [3.8, 4) is 10.4 Å². The van der Waals surface area contributed by atoms with Gasteiger partial charge in [-0.1, -0.05) is 26.2 Å². The van der Waals surface area contributed by atoms with Crippen LogP contribution in [0.3, 0.4) is 0 Å². The lowest BCUT2D eigenvalue weighted by Crippen LogP contribution is -1.80. The van der Waals surface area contributed by atoms with Crippen LogP contribution in [0.2, 0.25) is 0 Å². The molecule has 0 radical (unpaired) electrons. The molecule has 0 atom stereocenters. The fraction of sp³-hybridized carbons (Fsp3) is 0.400. The Kier molecular flexibility index (Phi) is 5.39. The standard InChI is InChI=1S/C15H18BrNS/c1-2-3-4-5-6-13-7-8-14(18-13)12-9-10-17-15(16)11-12/h7-11H,2-6H2,1H3. The summed E-state index contributed by atoms with van der Waals surface area (Å²) < 4.78 is 0.901. The van der Waals surface area contributed by atoms with Crippen LogP contribution in [0.5, 0.6) is 0 Å². The first-order chi connectivity index (χ1) is 8.79. The molecule has 0 unspecified atom stereocenters. The van der Waals surface area contributed by atoms with Crippen LogP contribution < -0.4 is 0 Å². The van der Waals surface area contributed by atoms with E-state index in [0.717, 1.165) is 4.60 Å². The van der Waals surface area contributed by atoms with Crippen LogP contribution in [0.25, 0.3) is 10.4 Å². The molecule has 96 valence electrons. The van der Waals surface area contributed by atoms with Gasteiger partial charge in [0.15, 0.2) is 0 Å². The first kappa shape index (κ1) is 13.8. The van der Waals surface area contributed by atoms with Gasteiger partial charge in [-0.3, -0.25) is 0 Å². The number of thiophene rings is 1. The number of aromatic nitrogens is 1. The zero-order valence-corrected chi connectivity index (χ0v) is 13.1. The van der Waals surface area contributed by atoms with Crippen molar-refractivity contribution in [2.45, 2.75) is 39.0 Å². The van der Waals surface area contributed by atoms with Gasteiger partial charge >= 0.3 is 0 Å². The van der Waals surface area contributed by atoms with Crippen LogP contribution in [0.4, 0.5) is 0 Å². The average Bonchev–Trinajstić information content (AvgIpc) is 2.83. The summed E-state index contributed by atoms with van der Waals surface area (Å²) in [7, 11) is 0. The zero-order chi connectivity index (χ0) is 12.8. The molecule has 0 aliphatic rings. The lowest BCUT2D eigenvalue weighted by Gasteiger charge is -1.98. The largest absolute Gasteiger partial charge is 0.249 e. The third-order valence-corrected chi connectivity index (χ3v) is 4.58. The van der Waals surface area contributed by atoms with Gasteiger partial charge in [-0.2, -0.15) is 0 Å². The summed E-state index contributed by atoms with van der Waals surface area (Å²) in [6, 6.07) is 8.63. The predicted molar refractivity (Wildman–Crippen MR) is 83.1 cm³/mol. The molecule has 3 heteroatoms. The summed E-state index contributed by atoms with van der Waals surface area (Å²) in [6.07, 6.45) is 8.39. The minimum absolute atomic E-state index is 0.901. The number of aryl methyl sites for hydroxylation is 1. The molecule has 0 spiro atoms. The van der Waals surface area contributed by atoms with Gasteiger partial charge in [0.1, 0.15) is 4.60 Å². The Hall–Kier alpha value is -0.670. The lowest BCUT2D eigenvalue weighted by molar-refractivity contribution is 0.670. The van der Waals surface area contributed by atoms with Gasteiger partial charge in [0, 0.05) is 16.0 Å². The first-order valence-electron chi connectivity index (χ1n) is 6.50. The second-order valence-electron chi connectivity index (χ2n) is 4.44. The van der Waals surface area contributed by atoms with Crippen LogP contribution in [0.1, 0.15) is 37.5 Å². The third kappa shape index (κ3) is 3.92. The molecule has 1 nitrogen and oxygen atoms in total. The number of unbranched alkanes of at least 4 members (excludes halogenated alkanes) is 3. The summed E-state index contributed by atoms with van der Waals surface area (Å²) in [5.41, 5.74) is 1.25. The number of pyridine rings is 1. The van der Waals surface area contributed by atoms with Crippen molar-refractivity contribution in [3.63, 3.8) is 0 Å². The zero-order valence-electron chi connectivity index (χ0n) is 10.7. The molecule has 2 rings (SSSR count). The normalized spacial score (nSPS) is 10.8. The molecule has 18 heavy (non-hydrogen) atoms. The molecule has 0 saturated carbocycles. The van der Waals surface area contributed by atoms with E-state index >= 15 is 0 Å². The molecular formula is C15H18BrNS. The van der Waals surface area contributed by atoms with Crippen molar-refractivity contribution >= 4 is 27.3 Å². The molecular weight excluding hydrogens is 306 g/mol. The van der Waals surface area contributed by atoms with Crippen LogP contribution >= 0.6 is 27.3 Å². The third-order valence-electron chi connectivity index (χ3n) is 2.95. The second kappa shape index (κ2) is 7.05. The highest BCUT2D eigenvalue weighted by Crippen LogP contribution is 2.29. The molecule has 0 N–H and O–H groups in total. The molecule has 0 aromatic carbocycles. The van der Waals surface area contributed by atoms with Crippen LogP contribution in [0, 0.1) is 0 Å². The van der Waals surface area contributed by atoms with Gasteiger partial charge in [0.2, 0.25) is 0 Å². The highest BCUT2D eigenvalue weighted by atomic mass is 79.9. The smallest absolute Gasteiger partial charge is 0.106 e. The topological polar surface area (TPSA) is 12.9 Å². The van der Waals surface area contributed by atoms with Gasteiger partial charge in [-0.25, -0.2) is 4.98 Å². The Morgan fingerprint density at radius 1 is 1.17 bits per heavy atom. The number of halogens is 1. The maximum atomic E-state index is 4.16. The van der Waals surface area contributed by atoms with Crippen molar-refractivity contribution in [3.05, 3.63) is 39.9 Å². The minimum atomic E-state index is 0.901. The van der Waals surface area contributed by atoms with E-state index in [2.05, 4.69) is 52.1 Å². The molecule has 0 bridgehead atoms. The first-order valence-corrected chi connectivity index (χ1v) is 8.11. The van der Waals surface area contributed by atoms with Crippen molar-refractivity contribution in [2.24, 2.45) is 0 Å². The van der Waals surface area contributed by atoms with E-state index in [1.807, 2.05) is 17.5 Å².